The van der Waals surface area contributed by atoms with Crippen molar-refractivity contribution in [2.45, 2.75) is 70.2 Å². The van der Waals surface area contributed by atoms with Crippen molar-refractivity contribution in [1.82, 2.24) is 10.2 Å². The first kappa shape index (κ1) is 24.0. The Morgan fingerprint density at radius 3 is 2.56 bits per heavy atom. The SMILES string of the molecule is CC(C)(C)OC(=O)N1C2CCC(C2)C1C(=O)N[C@@H](Cc1ccc(B(O)O)cc1F)C(N)=O. The molecule has 2 aliphatic rings. The van der Waals surface area contributed by atoms with Crippen LogP contribution in [0, 0.1) is 11.7 Å². The number of benzene rings is 1. The number of nitrogens with two attached hydrogens (primary N) is 1. The van der Waals surface area contributed by atoms with Crippen molar-refractivity contribution in [2.24, 2.45) is 11.7 Å². The van der Waals surface area contributed by atoms with Crippen molar-refractivity contribution in [3.8, 4) is 0 Å². The molecule has 1 saturated heterocycles. The molecule has 3 rings (SSSR count). The quantitative estimate of drug-likeness (QED) is 0.444. The van der Waals surface area contributed by atoms with E-state index in [9.17, 15) is 18.8 Å². The molecule has 1 saturated carbocycles. The number of halogens is 1. The van der Waals surface area contributed by atoms with Crippen LogP contribution in [0.15, 0.2) is 18.2 Å². The van der Waals surface area contributed by atoms with Crippen LogP contribution in [-0.2, 0) is 20.7 Å². The van der Waals surface area contributed by atoms with E-state index in [0.717, 1.165) is 18.9 Å². The van der Waals surface area contributed by atoms with E-state index in [-0.39, 0.29) is 29.4 Å². The highest BCUT2D eigenvalue weighted by Crippen LogP contribution is 2.43. The van der Waals surface area contributed by atoms with Crippen molar-refractivity contribution in [2.75, 3.05) is 0 Å². The Labute approximate surface area is 186 Å². The molecular formula is C21H29BFN3O6. The summed E-state index contributed by atoms with van der Waals surface area (Å²) < 4.78 is 19.8. The normalized spacial score (nSPS) is 23.1. The predicted octanol–water partition coefficient (Wildman–Crippen LogP) is -0.194. The lowest BCUT2D eigenvalue weighted by molar-refractivity contribution is -0.132. The van der Waals surface area contributed by atoms with Gasteiger partial charge in [-0.2, -0.15) is 0 Å². The van der Waals surface area contributed by atoms with E-state index in [1.165, 1.54) is 17.0 Å². The molecule has 1 aliphatic heterocycles. The molecule has 1 aromatic rings. The second-order valence-electron chi connectivity index (χ2n) is 9.45. The fourth-order valence-electron chi connectivity index (χ4n) is 4.49. The third-order valence-corrected chi connectivity index (χ3v) is 5.92. The summed E-state index contributed by atoms with van der Waals surface area (Å²) in [5.74, 6) is -2.19. The van der Waals surface area contributed by atoms with Gasteiger partial charge in [0.05, 0.1) is 0 Å². The first-order valence-electron chi connectivity index (χ1n) is 10.6. The average molecular weight is 449 g/mol. The van der Waals surface area contributed by atoms with Crippen molar-refractivity contribution in [3.63, 3.8) is 0 Å². The maximum atomic E-state index is 14.4. The number of nitrogens with one attached hydrogen (secondary N) is 1. The number of primary amides is 1. The molecule has 1 aliphatic carbocycles. The predicted molar refractivity (Wildman–Crippen MR) is 114 cm³/mol. The van der Waals surface area contributed by atoms with Crippen molar-refractivity contribution >= 4 is 30.5 Å². The highest BCUT2D eigenvalue weighted by molar-refractivity contribution is 6.58. The van der Waals surface area contributed by atoms with Crippen molar-refractivity contribution in [3.05, 3.63) is 29.6 Å². The van der Waals surface area contributed by atoms with Gasteiger partial charge in [-0.15, -0.1) is 0 Å². The monoisotopic (exact) mass is 449 g/mol. The lowest BCUT2D eigenvalue weighted by Crippen LogP contribution is -2.57. The highest BCUT2D eigenvalue weighted by Gasteiger charge is 2.52. The van der Waals surface area contributed by atoms with Crippen LogP contribution in [-0.4, -0.2) is 63.7 Å². The van der Waals surface area contributed by atoms with Crippen LogP contribution >= 0.6 is 0 Å². The maximum absolute atomic E-state index is 14.4. The van der Waals surface area contributed by atoms with Crippen LogP contribution in [0.2, 0.25) is 0 Å². The van der Waals surface area contributed by atoms with E-state index < -0.39 is 48.5 Å². The Hall–Kier alpha value is -2.66. The number of hydrogen-bond acceptors (Lipinski definition) is 6. The first-order valence-corrected chi connectivity index (χ1v) is 10.6. The number of piperidine rings is 1. The van der Waals surface area contributed by atoms with E-state index >= 15 is 0 Å². The number of amides is 3. The van der Waals surface area contributed by atoms with E-state index in [4.69, 9.17) is 20.5 Å². The number of hydrogen-bond donors (Lipinski definition) is 4. The molecule has 174 valence electrons. The van der Waals surface area contributed by atoms with E-state index in [1.807, 2.05) is 0 Å². The number of ether oxygens (including phenoxy) is 1. The summed E-state index contributed by atoms with van der Waals surface area (Å²) in [6.45, 7) is 5.23. The van der Waals surface area contributed by atoms with E-state index in [1.54, 1.807) is 20.8 Å². The summed E-state index contributed by atoms with van der Waals surface area (Å²) in [6.07, 6.45) is 1.44. The number of rotatable bonds is 6. The molecule has 1 heterocycles. The second kappa shape index (κ2) is 9.07. The smallest absolute Gasteiger partial charge is 0.444 e. The minimum Gasteiger partial charge on any atom is -0.444 e. The molecule has 5 N–H and O–H groups in total. The van der Waals surface area contributed by atoms with Crippen LogP contribution in [0.5, 0.6) is 0 Å². The zero-order valence-electron chi connectivity index (χ0n) is 18.4. The largest absolute Gasteiger partial charge is 0.488 e. The minimum atomic E-state index is -1.83. The molecule has 4 atom stereocenters. The molecule has 0 spiro atoms. The summed E-state index contributed by atoms with van der Waals surface area (Å²) in [6, 6.07) is 1.45. The second-order valence-corrected chi connectivity index (χ2v) is 9.45. The lowest BCUT2D eigenvalue weighted by atomic mass is 9.79. The van der Waals surface area contributed by atoms with Gasteiger partial charge < -0.3 is 25.8 Å². The van der Waals surface area contributed by atoms with Gasteiger partial charge in [0.15, 0.2) is 0 Å². The fourth-order valence-corrected chi connectivity index (χ4v) is 4.49. The minimum absolute atomic E-state index is 0.0408. The summed E-state index contributed by atoms with van der Waals surface area (Å²) in [4.78, 5) is 39.3. The summed E-state index contributed by atoms with van der Waals surface area (Å²) in [7, 11) is -1.83. The average Bonchev–Trinajstić information content (AvgIpc) is 3.28. The fraction of sp³-hybridized carbons (Fsp3) is 0.571. The highest BCUT2D eigenvalue weighted by atomic mass is 19.1. The zero-order valence-corrected chi connectivity index (χ0v) is 18.4. The van der Waals surface area contributed by atoms with Crippen LogP contribution in [0.1, 0.15) is 45.6 Å². The summed E-state index contributed by atoms with van der Waals surface area (Å²) in [5, 5.41) is 20.9. The van der Waals surface area contributed by atoms with Gasteiger partial charge >= 0.3 is 13.2 Å². The number of fused-ring (bicyclic) bond motifs is 2. The number of likely N-dealkylation sites (tertiary alicyclic amines) is 1. The first-order chi connectivity index (χ1) is 14.9. The number of carbonyl (C=O) groups is 3. The zero-order chi connectivity index (χ0) is 23.8. The van der Waals surface area contributed by atoms with Crippen LogP contribution in [0.25, 0.3) is 0 Å². The Morgan fingerprint density at radius 2 is 2.00 bits per heavy atom. The molecule has 11 heteroatoms. The third-order valence-electron chi connectivity index (χ3n) is 5.92. The summed E-state index contributed by atoms with van der Waals surface area (Å²) in [5.41, 5.74) is 4.77. The molecule has 3 amide bonds. The van der Waals surface area contributed by atoms with E-state index in [2.05, 4.69) is 5.32 Å². The summed E-state index contributed by atoms with van der Waals surface area (Å²) >= 11 is 0. The number of carbonyl (C=O) groups excluding carboxylic acids is 3. The number of nitrogens with zero attached hydrogens (tertiary/aromatic N) is 1. The molecule has 2 bridgehead atoms. The van der Waals surface area contributed by atoms with Gasteiger partial charge in [0, 0.05) is 12.5 Å². The Balaban J connectivity index is 1.75. The molecule has 9 nitrogen and oxygen atoms in total. The van der Waals surface area contributed by atoms with Gasteiger partial charge in [-0.3, -0.25) is 14.5 Å². The van der Waals surface area contributed by atoms with Gasteiger partial charge in [0.1, 0.15) is 23.5 Å². The van der Waals surface area contributed by atoms with Gasteiger partial charge in [-0.25, -0.2) is 9.18 Å². The molecule has 1 aromatic carbocycles. The van der Waals surface area contributed by atoms with E-state index in [0.29, 0.717) is 6.42 Å². The Morgan fingerprint density at radius 1 is 1.31 bits per heavy atom. The van der Waals surface area contributed by atoms with Crippen LogP contribution < -0.4 is 16.5 Å². The van der Waals surface area contributed by atoms with Gasteiger partial charge in [0.25, 0.3) is 0 Å². The van der Waals surface area contributed by atoms with Gasteiger partial charge in [0.2, 0.25) is 11.8 Å². The standard InChI is InChI=1S/C21H29BFN3O6/c1-21(2,3)32-20(29)26-14-7-5-12(8-14)17(26)19(28)25-16(18(24)27)9-11-4-6-13(22(30)31)10-15(11)23/h4,6,10,12,14,16-17,30-31H,5,7-9H2,1-3H3,(H2,24,27)(H,25,28)/t12?,14?,16-,17?/m0/s1. The van der Waals surface area contributed by atoms with Crippen LogP contribution in [0.4, 0.5) is 9.18 Å². The molecule has 3 unspecified atom stereocenters. The molecule has 0 aromatic heterocycles. The van der Waals surface area contributed by atoms with Crippen LogP contribution in [0.3, 0.4) is 0 Å². The lowest BCUT2D eigenvalue weighted by Gasteiger charge is -2.36. The van der Waals surface area contributed by atoms with Gasteiger partial charge in [-0.05, 0) is 63.0 Å². The molecule has 32 heavy (non-hydrogen) atoms. The Kier molecular flexibility index (Phi) is 6.80. The molecular weight excluding hydrogens is 420 g/mol. The third kappa shape index (κ3) is 5.21. The van der Waals surface area contributed by atoms with Crippen molar-refractivity contribution < 1.29 is 33.6 Å². The maximum Gasteiger partial charge on any atom is 0.488 e. The van der Waals surface area contributed by atoms with Gasteiger partial charge in [-0.1, -0.05) is 12.1 Å². The topological polar surface area (TPSA) is 142 Å². The molecule has 0 radical (unpaired) electrons. The Bertz CT molecular complexity index is 906. The molecule has 2 fully saturated rings. The van der Waals surface area contributed by atoms with Crippen molar-refractivity contribution in [1.29, 1.82) is 0 Å².